The first-order valence-electron chi connectivity index (χ1n) is 7.23. The Morgan fingerprint density at radius 3 is 2.38 bits per heavy atom. The number of nitrogens with two attached hydrogens (primary N) is 1. The van der Waals surface area contributed by atoms with Crippen molar-refractivity contribution in [3.8, 4) is 0 Å². The van der Waals surface area contributed by atoms with Crippen molar-refractivity contribution >= 4 is 11.6 Å². The molecule has 3 heteroatoms. The molecular weight excluding hydrogens is 260 g/mol. The molecule has 0 saturated carbocycles. The number of carbonyl (C=O) groups excluding carboxylic acids is 1. The first-order valence-corrected chi connectivity index (χ1v) is 7.23. The molecule has 0 aliphatic heterocycles. The van der Waals surface area contributed by atoms with E-state index < -0.39 is 0 Å². The Kier molecular flexibility index (Phi) is 5.12. The maximum absolute atomic E-state index is 12.1. The van der Waals surface area contributed by atoms with Crippen LogP contribution in [0.1, 0.15) is 28.7 Å². The van der Waals surface area contributed by atoms with Gasteiger partial charge in [0.15, 0.2) is 0 Å². The minimum Gasteiger partial charge on any atom is -0.326 e. The molecule has 0 bridgehead atoms. The van der Waals surface area contributed by atoms with Crippen molar-refractivity contribution in [1.82, 2.24) is 0 Å². The van der Waals surface area contributed by atoms with Crippen molar-refractivity contribution in [3.05, 3.63) is 64.7 Å². The zero-order valence-corrected chi connectivity index (χ0v) is 12.6. The van der Waals surface area contributed by atoms with Gasteiger partial charge in [-0.15, -0.1) is 0 Å². The summed E-state index contributed by atoms with van der Waals surface area (Å²) in [5, 5.41) is 2.97. The minimum absolute atomic E-state index is 0.0350. The Bertz CT molecular complexity index is 618. The largest absolute Gasteiger partial charge is 0.326 e. The van der Waals surface area contributed by atoms with Crippen LogP contribution in [0.5, 0.6) is 0 Å². The Hall–Kier alpha value is -2.13. The van der Waals surface area contributed by atoms with Gasteiger partial charge in [0.1, 0.15) is 0 Å². The summed E-state index contributed by atoms with van der Waals surface area (Å²) in [7, 11) is 0. The van der Waals surface area contributed by atoms with Crippen LogP contribution in [0.2, 0.25) is 0 Å². The summed E-state index contributed by atoms with van der Waals surface area (Å²) in [6.45, 7) is 4.52. The highest BCUT2D eigenvalue weighted by atomic mass is 16.1. The van der Waals surface area contributed by atoms with Gasteiger partial charge < -0.3 is 11.1 Å². The highest BCUT2D eigenvalue weighted by Crippen LogP contribution is 2.17. The van der Waals surface area contributed by atoms with Crippen LogP contribution < -0.4 is 11.1 Å². The molecule has 0 aromatic heterocycles. The van der Waals surface area contributed by atoms with Crippen LogP contribution >= 0.6 is 0 Å². The number of benzene rings is 2. The average molecular weight is 282 g/mol. The summed E-state index contributed by atoms with van der Waals surface area (Å²) >= 11 is 0. The van der Waals surface area contributed by atoms with Gasteiger partial charge in [-0.1, -0.05) is 42.0 Å². The van der Waals surface area contributed by atoms with Crippen LogP contribution in [-0.2, 0) is 17.8 Å². The molecule has 1 amide bonds. The van der Waals surface area contributed by atoms with E-state index in [0.717, 1.165) is 23.2 Å². The van der Waals surface area contributed by atoms with E-state index in [1.54, 1.807) is 0 Å². The van der Waals surface area contributed by atoms with Crippen molar-refractivity contribution in [1.29, 1.82) is 0 Å². The molecule has 0 saturated heterocycles. The van der Waals surface area contributed by atoms with Gasteiger partial charge in [-0.2, -0.15) is 0 Å². The molecule has 3 nitrogen and oxygen atoms in total. The quantitative estimate of drug-likeness (QED) is 0.883. The molecule has 0 fully saturated rings. The first kappa shape index (κ1) is 15.3. The molecule has 2 aromatic rings. The second-order valence-corrected chi connectivity index (χ2v) is 5.39. The molecule has 0 heterocycles. The molecular formula is C18H22N2O. The van der Waals surface area contributed by atoms with Gasteiger partial charge in [0.2, 0.25) is 5.91 Å². The third-order valence-electron chi connectivity index (χ3n) is 3.57. The lowest BCUT2D eigenvalue weighted by molar-refractivity contribution is -0.116. The van der Waals surface area contributed by atoms with Crippen molar-refractivity contribution in [3.63, 3.8) is 0 Å². The summed E-state index contributed by atoms with van der Waals surface area (Å²) in [4.78, 5) is 12.1. The van der Waals surface area contributed by atoms with Crippen LogP contribution in [0, 0.1) is 13.8 Å². The first-order chi connectivity index (χ1) is 10.1. The van der Waals surface area contributed by atoms with Gasteiger partial charge in [0.05, 0.1) is 0 Å². The van der Waals surface area contributed by atoms with Crippen molar-refractivity contribution < 1.29 is 4.79 Å². The van der Waals surface area contributed by atoms with Crippen LogP contribution in [0.25, 0.3) is 0 Å². The molecule has 110 valence electrons. The fourth-order valence-corrected chi connectivity index (χ4v) is 2.16. The van der Waals surface area contributed by atoms with E-state index in [1.165, 1.54) is 11.1 Å². The number of hydrogen-bond acceptors (Lipinski definition) is 2. The number of rotatable bonds is 5. The molecule has 3 N–H and O–H groups in total. The average Bonchev–Trinajstić information content (AvgIpc) is 2.49. The second-order valence-electron chi connectivity index (χ2n) is 5.39. The summed E-state index contributed by atoms with van der Waals surface area (Å²) in [6, 6.07) is 14.2. The van der Waals surface area contributed by atoms with Gasteiger partial charge in [-0.05, 0) is 43.0 Å². The second kappa shape index (κ2) is 7.04. The van der Waals surface area contributed by atoms with E-state index in [0.29, 0.717) is 13.0 Å². The van der Waals surface area contributed by atoms with Crippen LogP contribution in [0.3, 0.4) is 0 Å². The maximum Gasteiger partial charge on any atom is 0.224 e. The fourth-order valence-electron chi connectivity index (χ4n) is 2.16. The lowest BCUT2D eigenvalue weighted by Crippen LogP contribution is -2.13. The Morgan fingerprint density at radius 2 is 1.71 bits per heavy atom. The number of amides is 1. The molecule has 0 radical (unpaired) electrons. The monoisotopic (exact) mass is 282 g/mol. The summed E-state index contributed by atoms with van der Waals surface area (Å²) in [6.07, 6.45) is 1.23. The standard InChI is InChI=1S/C18H22N2O/c1-13-3-6-15(7-4-13)9-10-18(21)20-17-11-16(12-19)8-5-14(17)2/h3-8,11H,9-10,12,19H2,1-2H3,(H,20,21). The van der Waals surface area contributed by atoms with Gasteiger partial charge >= 0.3 is 0 Å². The van der Waals surface area contributed by atoms with E-state index >= 15 is 0 Å². The third kappa shape index (κ3) is 4.43. The topological polar surface area (TPSA) is 55.1 Å². The SMILES string of the molecule is Cc1ccc(CCC(=O)Nc2cc(CN)ccc2C)cc1. The van der Waals surface area contributed by atoms with E-state index in [1.807, 2.05) is 25.1 Å². The molecule has 21 heavy (non-hydrogen) atoms. The number of hydrogen-bond donors (Lipinski definition) is 2. The Morgan fingerprint density at radius 1 is 1.05 bits per heavy atom. The van der Waals surface area contributed by atoms with Crippen molar-refractivity contribution in [2.24, 2.45) is 5.73 Å². The molecule has 0 unspecified atom stereocenters. The minimum atomic E-state index is 0.0350. The molecule has 0 spiro atoms. The predicted octanol–water partition coefficient (Wildman–Crippen LogP) is 3.33. The van der Waals surface area contributed by atoms with E-state index in [9.17, 15) is 4.79 Å². The zero-order valence-electron chi connectivity index (χ0n) is 12.6. The molecule has 0 aliphatic carbocycles. The predicted molar refractivity (Wildman–Crippen MR) is 87.2 cm³/mol. The van der Waals surface area contributed by atoms with Gasteiger partial charge in [-0.25, -0.2) is 0 Å². The van der Waals surface area contributed by atoms with E-state index in [2.05, 4.69) is 36.5 Å². The zero-order chi connectivity index (χ0) is 15.2. The normalized spacial score (nSPS) is 10.4. The smallest absolute Gasteiger partial charge is 0.224 e. The Labute approximate surface area is 126 Å². The number of aryl methyl sites for hydroxylation is 3. The summed E-state index contributed by atoms with van der Waals surface area (Å²) in [5.74, 6) is 0.0350. The highest BCUT2D eigenvalue weighted by molar-refractivity contribution is 5.91. The molecule has 0 aliphatic rings. The van der Waals surface area contributed by atoms with Gasteiger partial charge in [-0.3, -0.25) is 4.79 Å². The van der Waals surface area contributed by atoms with Crippen LogP contribution in [-0.4, -0.2) is 5.91 Å². The lowest BCUT2D eigenvalue weighted by Gasteiger charge is -2.10. The van der Waals surface area contributed by atoms with E-state index in [4.69, 9.17) is 5.73 Å². The summed E-state index contributed by atoms with van der Waals surface area (Å²) in [5.41, 5.74) is 11.0. The number of carbonyl (C=O) groups is 1. The maximum atomic E-state index is 12.1. The molecule has 2 rings (SSSR count). The van der Waals surface area contributed by atoms with Gasteiger partial charge in [0.25, 0.3) is 0 Å². The van der Waals surface area contributed by atoms with Crippen LogP contribution in [0.4, 0.5) is 5.69 Å². The van der Waals surface area contributed by atoms with Gasteiger partial charge in [0, 0.05) is 18.7 Å². The van der Waals surface area contributed by atoms with Crippen molar-refractivity contribution in [2.75, 3.05) is 5.32 Å². The molecule has 0 atom stereocenters. The van der Waals surface area contributed by atoms with Crippen LogP contribution in [0.15, 0.2) is 42.5 Å². The lowest BCUT2D eigenvalue weighted by atomic mass is 10.1. The fraction of sp³-hybridized carbons (Fsp3) is 0.278. The Balaban J connectivity index is 1.94. The van der Waals surface area contributed by atoms with E-state index in [-0.39, 0.29) is 5.91 Å². The molecule has 2 aromatic carbocycles. The highest BCUT2D eigenvalue weighted by Gasteiger charge is 2.06. The summed E-state index contributed by atoms with van der Waals surface area (Å²) < 4.78 is 0. The number of anilines is 1. The third-order valence-corrected chi connectivity index (χ3v) is 3.57. The number of nitrogens with one attached hydrogen (secondary N) is 1. The van der Waals surface area contributed by atoms with Crippen molar-refractivity contribution in [2.45, 2.75) is 33.2 Å².